The van der Waals surface area contributed by atoms with E-state index >= 15 is 0 Å². The van der Waals surface area contributed by atoms with Crippen LogP contribution in [0.15, 0.2) is 10.6 Å². The van der Waals surface area contributed by atoms with Crippen molar-refractivity contribution in [2.24, 2.45) is 0 Å². The summed E-state index contributed by atoms with van der Waals surface area (Å²) >= 11 is 1.87. The Morgan fingerprint density at radius 2 is 2.08 bits per heavy atom. The summed E-state index contributed by atoms with van der Waals surface area (Å²) in [6.45, 7) is 10.6. The molecule has 1 aromatic rings. The lowest BCUT2D eigenvalue weighted by Crippen LogP contribution is -2.09. The standard InChI is InChI=1S/C10H17NOS/c1-7-6-11-9(12-7)8(2)13-10(3,4)5/h6,8H,1-5H3. The van der Waals surface area contributed by atoms with Crippen LogP contribution in [0.1, 0.15) is 44.6 Å². The van der Waals surface area contributed by atoms with Crippen LogP contribution in [0.2, 0.25) is 0 Å². The summed E-state index contributed by atoms with van der Waals surface area (Å²) in [7, 11) is 0. The molecule has 0 fully saturated rings. The molecule has 1 aromatic heterocycles. The SMILES string of the molecule is Cc1cnc(C(C)SC(C)(C)C)o1. The maximum absolute atomic E-state index is 5.46. The van der Waals surface area contributed by atoms with Crippen LogP contribution in [-0.2, 0) is 0 Å². The van der Waals surface area contributed by atoms with Gasteiger partial charge in [-0.1, -0.05) is 20.8 Å². The highest BCUT2D eigenvalue weighted by atomic mass is 32.2. The summed E-state index contributed by atoms with van der Waals surface area (Å²) in [4.78, 5) is 4.21. The van der Waals surface area contributed by atoms with Crippen molar-refractivity contribution in [2.75, 3.05) is 0 Å². The molecule has 0 radical (unpaired) electrons. The number of oxazole rings is 1. The third-order valence-electron chi connectivity index (χ3n) is 1.52. The average Bonchev–Trinajstić information content (AvgIpc) is 2.31. The van der Waals surface area contributed by atoms with Gasteiger partial charge in [0.2, 0.25) is 5.89 Å². The molecular weight excluding hydrogens is 182 g/mol. The number of aryl methyl sites for hydroxylation is 1. The van der Waals surface area contributed by atoms with E-state index < -0.39 is 0 Å². The van der Waals surface area contributed by atoms with Gasteiger partial charge < -0.3 is 4.42 Å². The predicted molar refractivity (Wildman–Crippen MR) is 57.0 cm³/mol. The fourth-order valence-electron chi connectivity index (χ4n) is 1.14. The summed E-state index contributed by atoms with van der Waals surface area (Å²) in [5.74, 6) is 1.72. The molecule has 0 amide bonds. The summed E-state index contributed by atoms with van der Waals surface area (Å²) in [5, 5.41) is 0.327. The molecule has 1 heterocycles. The predicted octanol–water partition coefficient (Wildman–Crippen LogP) is 3.58. The lowest BCUT2D eigenvalue weighted by atomic mass is 10.3. The summed E-state index contributed by atoms with van der Waals surface area (Å²) < 4.78 is 5.71. The molecule has 13 heavy (non-hydrogen) atoms. The minimum absolute atomic E-state index is 0.252. The van der Waals surface area contributed by atoms with Crippen molar-refractivity contribution in [3.05, 3.63) is 17.8 Å². The number of thioether (sulfide) groups is 1. The van der Waals surface area contributed by atoms with Crippen molar-refractivity contribution >= 4 is 11.8 Å². The van der Waals surface area contributed by atoms with Gasteiger partial charge in [0, 0.05) is 4.75 Å². The van der Waals surface area contributed by atoms with E-state index in [1.807, 2.05) is 18.7 Å². The van der Waals surface area contributed by atoms with E-state index in [0.717, 1.165) is 11.7 Å². The number of aromatic nitrogens is 1. The highest BCUT2D eigenvalue weighted by Gasteiger charge is 2.20. The van der Waals surface area contributed by atoms with E-state index in [9.17, 15) is 0 Å². The van der Waals surface area contributed by atoms with Crippen LogP contribution >= 0.6 is 11.8 Å². The van der Waals surface area contributed by atoms with E-state index in [0.29, 0.717) is 5.25 Å². The van der Waals surface area contributed by atoms with Crippen molar-refractivity contribution < 1.29 is 4.42 Å². The van der Waals surface area contributed by atoms with E-state index in [2.05, 4.69) is 32.7 Å². The molecule has 0 aliphatic rings. The topological polar surface area (TPSA) is 26.0 Å². The monoisotopic (exact) mass is 199 g/mol. The third kappa shape index (κ3) is 3.43. The average molecular weight is 199 g/mol. The Morgan fingerprint density at radius 1 is 1.46 bits per heavy atom. The Bertz CT molecular complexity index is 275. The molecule has 2 nitrogen and oxygen atoms in total. The quantitative estimate of drug-likeness (QED) is 0.728. The van der Waals surface area contributed by atoms with Gasteiger partial charge in [-0.2, -0.15) is 0 Å². The first-order valence-corrected chi connectivity index (χ1v) is 5.36. The minimum atomic E-state index is 0.252. The molecule has 0 N–H and O–H groups in total. The van der Waals surface area contributed by atoms with Gasteiger partial charge in [-0.3, -0.25) is 0 Å². The highest BCUT2D eigenvalue weighted by Crippen LogP contribution is 2.37. The number of hydrogen-bond donors (Lipinski definition) is 0. The molecule has 0 spiro atoms. The maximum Gasteiger partial charge on any atom is 0.207 e. The van der Waals surface area contributed by atoms with Gasteiger partial charge in [0.15, 0.2) is 0 Å². The van der Waals surface area contributed by atoms with Crippen LogP contribution in [0.25, 0.3) is 0 Å². The Balaban J connectivity index is 2.64. The van der Waals surface area contributed by atoms with Crippen LogP contribution < -0.4 is 0 Å². The van der Waals surface area contributed by atoms with Crippen LogP contribution in [0.3, 0.4) is 0 Å². The van der Waals surface area contributed by atoms with Gasteiger partial charge in [0.1, 0.15) is 5.76 Å². The first-order chi connectivity index (χ1) is 5.88. The van der Waals surface area contributed by atoms with Crippen molar-refractivity contribution in [3.63, 3.8) is 0 Å². The summed E-state index contributed by atoms with van der Waals surface area (Å²) in [5.41, 5.74) is 0. The molecule has 1 unspecified atom stereocenters. The zero-order chi connectivity index (χ0) is 10.1. The summed E-state index contributed by atoms with van der Waals surface area (Å²) in [6, 6.07) is 0. The second kappa shape index (κ2) is 3.74. The van der Waals surface area contributed by atoms with Gasteiger partial charge in [0.05, 0.1) is 11.4 Å². The Labute approximate surface area is 84.1 Å². The third-order valence-corrected chi connectivity index (χ3v) is 2.78. The lowest BCUT2D eigenvalue weighted by Gasteiger charge is -2.20. The lowest BCUT2D eigenvalue weighted by molar-refractivity contribution is 0.473. The molecule has 1 atom stereocenters. The van der Waals surface area contributed by atoms with Gasteiger partial charge >= 0.3 is 0 Å². The van der Waals surface area contributed by atoms with Crippen LogP contribution in [-0.4, -0.2) is 9.73 Å². The normalized spacial score (nSPS) is 14.5. The fraction of sp³-hybridized carbons (Fsp3) is 0.700. The zero-order valence-corrected chi connectivity index (χ0v) is 9.73. The van der Waals surface area contributed by atoms with Crippen molar-refractivity contribution in [2.45, 2.75) is 44.6 Å². The molecule has 1 rings (SSSR count). The molecule has 0 aromatic carbocycles. The first kappa shape index (κ1) is 10.6. The molecule has 0 aliphatic heterocycles. The maximum atomic E-state index is 5.46. The second-order valence-corrected chi connectivity index (χ2v) is 6.35. The Morgan fingerprint density at radius 3 is 2.46 bits per heavy atom. The van der Waals surface area contributed by atoms with E-state index in [1.165, 1.54) is 0 Å². The van der Waals surface area contributed by atoms with Crippen molar-refractivity contribution in [1.82, 2.24) is 4.98 Å². The molecule has 0 saturated heterocycles. The molecular formula is C10H17NOS. The van der Waals surface area contributed by atoms with E-state index in [1.54, 1.807) is 6.20 Å². The smallest absolute Gasteiger partial charge is 0.207 e. The van der Waals surface area contributed by atoms with Crippen LogP contribution in [0.4, 0.5) is 0 Å². The number of rotatable bonds is 2. The largest absolute Gasteiger partial charge is 0.445 e. The van der Waals surface area contributed by atoms with Gasteiger partial charge in [-0.05, 0) is 13.8 Å². The number of hydrogen-bond acceptors (Lipinski definition) is 3. The van der Waals surface area contributed by atoms with Gasteiger partial charge in [-0.25, -0.2) is 4.98 Å². The number of nitrogens with zero attached hydrogens (tertiary/aromatic N) is 1. The van der Waals surface area contributed by atoms with E-state index in [-0.39, 0.29) is 4.75 Å². The van der Waals surface area contributed by atoms with Gasteiger partial charge in [0.25, 0.3) is 0 Å². The molecule has 3 heteroatoms. The molecule has 0 saturated carbocycles. The van der Waals surface area contributed by atoms with Crippen molar-refractivity contribution in [3.8, 4) is 0 Å². The molecule has 0 bridgehead atoms. The Hall–Kier alpha value is -0.440. The fourth-order valence-corrected chi connectivity index (χ4v) is 2.41. The summed E-state index contributed by atoms with van der Waals surface area (Å²) in [6.07, 6.45) is 1.77. The van der Waals surface area contributed by atoms with Gasteiger partial charge in [-0.15, -0.1) is 11.8 Å². The van der Waals surface area contributed by atoms with Crippen LogP contribution in [0.5, 0.6) is 0 Å². The Kier molecular flexibility index (Phi) is 3.06. The molecule has 0 aliphatic carbocycles. The minimum Gasteiger partial charge on any atom is -0.445 e. The van der Waals surface area contributed by atoms with Crippen molar-refractivity contribution in [1.29, 1.82) is 0 Å². The highest BCUT2D eigenvalue weighted by molar-refractivity contribution is 8.00. The van der Waals surface area contributed by atoms with E-state index in [4.69, 9.17) is 4.42 Å². The molecule has 74 valence electrons. The second-order valence-electron chi connectivity index (χ2n) is 4.18. The first-order valence-electron chi connectivity index (χ1n) is 4.48. The van der Waals surface area contributed by atoms with Crippen LogP contribution in [0, 0.1) is 6.92 Å². The zero-order valence-electron chi connectivity index (χ0n) is 8.92.